The van der Waals surface area contributed by atoms with E-state index in [2.05, 4.69) is 5.32 Å². The van der Waals surface area contributed by atoms with Crippen LogP contribution >= 0.6 is 0 Å². The fourth-order valence-corrected chi connectivity index (χ4v) is 3.89. The van der Waals surface area contributed by atoms with Gasteiger partial charge < -0.3 is 19.5 Å². The summed E-state index contributed by atoms with van der Waals surface area (Å²) >= 11 is 0. The number of ether oxygens (including phenoxy) is 3. The van der Waals surface area contributed by atoms with Crippen molar-refractivity contribution in [2.75, 3.05) is 19.8 Å². The van der Waals surface area contributed by atoms with E-state index in [1.165, 1.54) is 0 Å². The molecule has 7 nitrogen and oxygen atoms in total. The van der Waals surface area contributed by atoms with Crippen LogP contribution < -0.4 is 19.5 Å². The first-order valence-electron chi connectivity index (χ1n) is 12.2. The zero-order chi connectivity index (χ0) is 25.3. The quantitative estimate of drug-likeness (QED) is 0.296. The lowest BCUT2D eigenvalue weighted by Gasteiger charge is -2.17. The van der Waals surface area contributed by atoms with Gasteiger partial charge >= 0.3 is 0 Å². The average molecular weight is 486 g/mol. The van der Waals surface area contributed by atoms with Gasteiger partial charge in [0.2, 0.25) is 5.75 Å². The van der Waals surface area contributed by atoms with Crippen LogP contribution in [0.25, 0.3) is 16.9 Å². The van der Waals surface area contributed by atoms with Crippen LogP contribution in [0.3, 0.4) is 0 Å². The Morgan fingerprint density at radius 1 is 0.833 bits per heavy atom. The molecule has 0 aliphatic rings. The molecule has 3 aromatic carbocycles. The van der Waals surface area contributed by atoms with E-state index < -0.39 is 0 Å². The van der Waals surface area contributed by atoms with Gasteiger partial charge in [-0.05, 0) is 45.0 Å². The second-order valence-corrected chi connectivity index (χ2v) is 7.93. The Balaban J connectivity index is 1.63. The van der Waals surface area contributed by atoms with Gasteiger partial charge in [-0.2, -0.15) is 5.10 Å². The molecular formula is C29H31N3O4. The molecule has 0 unspecified atom stereocenters. The van der Waals surface area contributed by atoms with Crippen LogP contribution in [0.5, 0.6) is 17.2 Å². The van der Waals surface area contributed by atoms with Crippen LogP contribution in [0.1, 0.15) is 36.7 Å². The number of nitrogens with one attached hydrogen (secondary N) is 1. The van der Waals surface area contributed by atoms with E-state index >= 15 is 0 Å². The molecule has 4 rings (SSSR count). The zero-order valence-electron chi connectivity index (χ0n) is 20.9. The Morgan fingerprint density at radius 3 is 2.00 bits per heavy atom. The number of nitrogens with zero attached hydrogens (tertiary/aromatic N) is 2. The van der Waals surface area contributed by atoms with Gasteiger partial charge in [0.15, 0.2) is 11.5 Å². The Labute approximate surface area is 211 Å². The molecule has 7 heteroatoms. The molecule has 0 saturated carbocycles. The monoisotopic (exact) mass is 485 g/mol. The van der Waals surface area contributed by atoms with Crippen molar-refractivity contribution in [1.29, 1.82) is 0 Å². The number of benzene rings is 3. The summed E-state index contributed by atoms with van der Waals surface area (Å²) in [4.78, 5) is 13.2. The molecule has 0 fully saturated rings. The number of rotatable bonds is 11. The summed E-state index contributed by atoms with van der Waals surface area (Å²) < 4.78 is 19.1. The van der Waals surface area contributed by atoms with Crippen LogP contribution in [-0.4, -0.2) is 35.5 Å². The predicted octanol–water partition coefficient (Wildman–Crippen LogP) is 5.67. The molecule has 1 N–H and O–H groups in total. The van der Waals surface area contributed by atoms with Crippen molar-refractivity contribution in [3.8, 4) is 34.2 Å². The van der Waals surface area contributed by atoms with Gasteiger partial charge in [0.25, 0.3) is 5.91 Å². The lowest BCUT2D eigenvalue weighted by atomic mass is 10.1. The third-order valence-corrected chi connectivity index (χ3v) is 5.47. The van der Waals surface area contributed by atoms with Crippen LogP contribution in [0.15, 0.2) is 79.0 Å². The van der Waals surface area contributed by atoms with E-state index in [4.69, 9.17) is 19.3 Å². The predicted molar refractivity (Wildman–Crippen MR) is 140 cm³/mol. The third kappa shape index (κ3) is 5.68. The molecule has 1 aromatic heterocycles. The zero-order valence-corrected chi connectivity index (χ0v) is 20.9. The number of amides is 1. The molecule has 0 aliphatic carbocycles. The molecule has 0 bridgehead atoms. The van der Waals surface area contributed by atoms with E-state index in [1.807, 2.05) is 92.3 Å². The van der Waals surface area contributed by atoms with Gasteiger partial charge in [0, 0.05) is 29.4 Å². The van der Waals surface area contributed by atoms with Crippen molar-refractivity contribution < 1.29 is 19.0 Å². The second kappa shape index (κ2) is 11.9. The van der Waals surface area contributed by atoms with Crippen LogP contribution in [0, 0.1) is 0 Å². The van der Waals surface area contributed by atoms with Crippen molar-refractivity contribution in [2.24, 2.45) is 0 Å². The Bertz CT molecular complexity index is 1260. The molecule has 1 heterocycles. The maximum absolute atomic E-state index is 13.2. The van der Waals surface area contributed by atoms with Gasteiger partial charge in [-0.1, -0.05) is 48.5 Å². The molecule has 4 aromatic rings. The second-order valence-electron chi connectivity index (χ2n) is 7.93. The van der Waals surface area contributed by atoms with Crippen molar-refractivity contribution in [2.45, 2.75) is 27.3 Å². The first kappa shape index (κ1) is 24.9. The van der Waals surface area contributed by atoms with E-state index in [0.717, 1.165) is 22.5 Å². The first-order chi connectivity index (χ1) is 17.6. The Hall–Kier alpha value is -4.26. The smallest absolute Gasteiger partial charge is 0.251 e. The Morgan fingerprint density at radius 2 is 1.42 bits per heavy atom. The fraction of sp³-hybridized carbons (Fsp3) is 0.241. The highest BCUT2D eigenvalue weighted by Crippen LogP contribution is 2.39. The molecule has 1 amide bonds. The lowest BCUT2D eigenvalue weighted by Crippen LogP contribution is -2.23. The number of carbonyl (C=O) groups excluding carboxylic acids is 1. The largest absolute Gasteiger partial charge is 0.490 e. The van der Waals surface area contributed by atoms with Gasteiger partial charge in [-0.3, -0.25) is 4.79 Å². The number of aromatic nitrogens is 2. The maximum atomic E-state index is 13.2. The van der Waals surface area contributed by atoms with Crippen molar-refractivity contribution in [3.05, 3.63) is 90.1 Å². The molecule has 0 spiro atoms. The Kier molecular flexibility index (Phi) is 8.24. The highest BCUT2D eigenvalue weighted by atomic mass is 16.5. The summed E-state index contributed by atoms with van der Waals surface area (Å²) in [6.45, 7) is 7.31. The number of hydrogen-bond donors (Lipinski definition) is 1. The molecule has 0 radical (unpaired) electrons. The van der Waals surface area contributed by atoms with Gasteiger partial charge in [0.05, 0.1) is 31.2 Å². The van der Waals surface area contributed by atoms with E-state index in [1.54, 1.807) is 12.1 Å². The van der Waals surface area contributed by atoms with Crippen LogP contribution in [0.2, 0.25) is 0 Å². The summed E-state index contributed by atoms with van der Waals surface area (Å²) in [5.74, 6) is 1.23. The lowest BCUT2D eigenvalue weighted by molar-refractivity contribution is 0.0950. The summed E-state index contributed by atoms with van der Waals surface area (Å²) in [6.07, 6.45) is 1.95. The van der Waals surface area contributed by atoms with E-state index in [9.17, 15) is 4.79 Å². The van der Waals surface area contributed by atoms with Gasteiger partial charge in [-0.25, -0.2) is 4.68 Å². The standard InChI is InChI=1S/C29H31N3O4/c1-4-34-25-17-22(18-26(35-5-2)28(25)36-6-3)29(33)30-19-23-20-32(24-15-11-8-12-16-24)31-27(23)21-13-9-7-10-14-21/h7-18,20H,4-6,19H2,1-3H3,(H,30,33). The summed E-state index contributed by atoms with van der Waals surface area (Å²) in [7, 11) is 0. The van der Waals surface area contributed by atoms with Crippen molar-refractivity contribution >= 4 is 5.91 Å². The fourth-order valence-electron chi connectivity index (χ4n) is 3.89. The topological polar surface area (TPSA) is 74.6 Å². The third-order valence-electron chi connectivity index (χ3n) is 5.47. The SMILES string of the molecule is CCOc1cc(C(=O)NCc2cn(-c3ccccc3)nc2-c2ccccc2)cc(OCC)c1OCC. The summed E-state index contributed by atoms with van der Waals surface area (Å²) in [5.41, 5.74) is 4.08. The molecular weight excluding hydrogens is 454 g/mol. The number of para-hydroxylation sites is 1. The first-order valence-corrected chi connectivity index (χ1v) is 12.2. The normalized spacial score (nSPS) is 10.6. The van der Waals surface area contributed by atoms with Crippen LogP contribution in [0.4, 0.5) is 0 Å². The van der Waals surface area contributed by atoms with Crippen LogP contribution in [-0.2, 0) is 6.54 Å². The minimum Gasteiger partial charge on any atom is -0.490 e. The minimum atomic E-state index is -0.244. The van der Waals surface area contributed by atoms with E-state index in [-0.39, 0.29) is 5.91 Å². The van der Waals surface area contributed by atoms with Crippen molar-refractivity contribution in [1.82, 2.24) is 15.1 Å². The molecule has 36 heavy (non-hydrogen) atoms. The van der Waals surface area contributed by atoms with Crippen molar-refractivity contribution in [3.63, 3.8) is 0 Å². The van der Waals surface area contributed by atoms with Gasteiger partial charge in [-0.15, -0.1) is 0 Å². The average Bonchev–Trinajstić information content (AvgIpc) is 3.34. The minimum absolute atomic E-state index is 0.244. The molecule has 0 saturated heterocycles. The number of carbonyl (C=O) groups is 1. The maximum Gasteiger partial charge on any atom is 0.251 e. The number of hydrogen-bond acceptors (Lipinski definition) is 5. The highest BCUT2D eigenvalue weighted by Gasteiger charge is 2.19. The molecule has 0 aliphatic heterocycles. The highest BCUT2D eigenvalue weighted by molar-refractivity contribution is 5.95. The molecule has 186 valence electrons. The summed E-state index contributed by atoms with van der Waals surface area (Å²) in [6, 6.07) is 23.2. The molecule has 0 atom stereocenters. The summed E-state index contributed by atoms with van der Waals surface area (Å²) in [5, 5.41) is 7.86. The van der Waals surface area contributed by atoms with E-state index in [0.29, 0.717) is 49.2 Å². The van der Waals surface area contributed by atoms with Gasteiger partial charge in [0.1, 0.15) is 0 Å².